The zero-order valence-electron chi connectivity index (χ0n) is 15.9. The number of nitrogens with one attached hydrogen (secondary N) is 1. The molecule has 0 atom stereocenters. The zero-order chi connectivity index (χ0) is 18.3. The number of nitrogens with two attached hydrogens (primary N) is 5. The summed E-state index contributed by atoms with van der Waals surface area (Å²) in [7, 11) is 0. The minimum absolute atomic E-state index is 0.774. The largest absolute Gasteiger partial charge is 0.330 e. The van der Waals surface area contributed by atoms with Gasteiger partial charge in [-0.05, 0) is 110 Å². The van der Waals surface area contributed by atoms with Gasteiger partial charge in [-0.3, -0.25) is 0 Å². The first kappa shape index (κ1) is 26.0. The lowest BCUT2D eigenvalue weighted by Gasteiger charge is -2.21. The van der Waals surface area contributed by atoms with Gasteiger partial charge in [0.2, 0.25) is 0 Å². The molecule has 0 rings (SSSR count). The molecule has 11 N–H and O–H groups in total. The highest BCUT2D eigenvalue weighted by Crippen LogP contribution is 1.97. The Morgan fingerprint density at radius 3 is 1.38 bits per heavy atom. The second kappa shape index (κ2) is 25.0. The van der Waals surface area contributed by atoms with E-state index in [9.17, 15) is 0 Å². The molecule has 0 saturated carbocycles. The molecule has 0 aliphatic rings. The van der Waals surface area contributed by atoms with Crippen molar-refractivity contribution in [3.05, 3.63) is 0 Å². The Morgan fingerprint density at radius 1 is 0.458 bits per heavy atom. The lowest BCUT2D eigenvalue weighted by molar-refractivity contribution is 0.265. The van der Waals surface area contributed by atoms with E-state index in [0.29, 0.717) is 0 Å². The predicted molar refractivity (Wildman–Crippen MR) is 107 cm³/mol. The van der Waals surface area contributed by atoms with Gasteiger partial charge < -0.3 is 38.9 Å². The standard InChI is InChI=1S/C10H26N4.C7H19N3/c11-5-1-2-8-14(9-3-6-12)10-4-7-13;8-4-1-2-6-10-7-3-5-9/h1-13H2;10H,1-9H2. The Balaban J connectivity index is 0. The molecule has 0 unspecified atom stereocenters. The molecular weight excluding hydrogens is 302 g/mol. The molecule has 0 heterocycles. The van der Waals surface area contributed by atoms with Crippen LogP contribution in [0.3, 0.4) is 0 Å². The third kappa shape index (κ3) is 24.0. The average Bonchev–Trinajstić information content (AvgIpc) is 2.60. The van der Waals surface area contributed by atoms with Crippen molar-refractivity contribution in [2.24, 2.45) is 28.7 Å². The van der Waals surface area contributed by atoms with Crippen LogP contribution in [-0.4, -0.2) is 70.3 Å². The Labute approximate surface area is 150 Å². The zero-order valence-corrected chi connectivity index (χ0v) is 15.9. The van der Waals surface area contributed by atoms with Gasteiger partial charge in [-0.25, -0.2) is 0 Å². The molecule has 7 heteroatoms. The lowest BCUT2D eigenvalue weighted by atomic mass is 10.2. The van der Waals surface area contributed by atoms with Crippen molar-refractivity contribution in [2.75, 3.05) is 65.4 Å². The monoisotopic (exact) mass is 347 g/mol. The highest BCUT2D eigenvalue weighted by molar-refractivity contribution is 4.59. The quantitative estimate of drug-likeness (QED) is 0.192. The van der Waals surface area contributed by atoms with Gasteiger partial charge in [-0.1, -0.05) is 0 Å². The first-order valence-electron chi connectivity index (χ1n) is 9.70. The van der Waals surface area contributed by atoms with E-state index < -0.39 is 0 Å². The maximum absolute atomic E-state index is 5.49. The molecule has 0 radical (unpaired) electrons. The molecule has 0 aromatic heterocycles. The highest BCUT2D eigenvalue weighted by Gasteiger charge is 2.02. The summed E-state index contributed by atoms with van der Waals surface area (Å²) >= 11 is 0. The van der Waals surface area contributed by atoms with Crippen molar-refractivity contribution >= 4 is 0 Å². The average molecular weight is 348 g/mol. The molecule has 148 valence electrons. The van der Waals surface area contributed by atoms with Crippen molar-refractivity contribution in [1.29, 1.82) is 0 Å². The summed E-state index contributed by atoms with van der Waals surface area (Å²) in [5.41, 5.74) is 27.1. The number of hydrogen-bond acceptors (Lipinski definition) is 7. The van der Waals surface area contributed by atoms with Crippen molar-refractivity contribution < 1.29 is 0 Å². The van der Waals surface area contributed by atoms with E-state index >= 15 is 0 Å². The normalized spacial score (nSPS) is 10.8. The van der Waals surface area contributed by atoms with Crippen LogP contribution >= 0.6 is 0 Å². The van der Waals surface area contributed by atoms with E-state index in [0.717, 1.165) is 97.6 Å². The number of rotatable bonds is 17. The first-order valence-corrected chi connectivity index (χ1v) is 9.70. The topological polar surface area (TPSA) is 145 Å². The van der Waals surface area contributed by atoms with Gasteiger partial charge in [-0.2, -0.15) is 0 Å². The fourth-order valence-electron chi connectivity index (χ4n) is 2.19. The summed E-state index contributed by atoms with van der Waals surface area (Å²) in [5, 5.41) is 3.29. The van der Waals surface area contributed by atoms with Crippen LogP contribution in [0.2, 0.25) is 0 Å². The molecular formula is C17H45N7. The van der Waals surface area contributed by atoms with Gasteiger partial charge in [0.15, 0.2) is 0 Å². The predicted octanol–water partition coefficient (Wildman–Crippen LogP) is -0.611. The summed E-state index contributed by atoms with van der Waals surface area (Å²) < 4.78 is 0. The van der Waals surface area contributed by atoms with Gasteiger partial charge in [0.05, 0.1) is 0 Å². The Kier molecular flexibility index (Phi) is 27.0. The first-order chi connectivity index (χ1) is 11.8. The molecule has 0 bridgehead atoms. The van der Waals surface area contributed by atoms with Gasteiger partial charge in [0.25, 0.3) is 0 Å². The SMILES string of the molecule is NCCCCN(CCCN)CCCN.NCCCCNCCCN. The summed E-state index contributed by atoms with van der Waals surface area (Å²) in [6.45, 7) is 9.38. The van der Waals surface area contributed by atoms with Gasteiger partial charge in [0, 0.05) is 0 Å². The smallest absolute Gasteiger partial charge is 0.000671 e. The molecule has 24 heavy (non-hydrogen) atoms. The fourth-order valence-corrected chi connectivity index (χ4v) is 2.19. The maximum atomic E-state index is 5.49. The van der Waals surface area contributed by atoms with E-state index in [1.54, 1.807) is 0 Å². The fraction of sp³-hybridized carbons (Fsp3) is 1.00. The van der Waals surface area contributed by atoms with Crippen LogP contribution in [-0.2, 0) is 0 Å². The Morgan fingerprint density at radius 2 is 0.875 bits per heavy atom. The molecule has 0 aliphatic carbocycles. The lowest BCUT2D eigenvalue weighted by Crippen LogP contribution is -2.30. The summed E-state index contributed by atoms with van der Waals surface area (Å²) in [4.78, 5) is 2.44. The minimum Gasteiger partial charge on any atom is -0.330 e. The van der Waals surface area contributed by atoms with Gasteiger partial charge >= 0.3 is 0 Å². The third-order valence-electron chi connectivity index (χ3n) is 3.65. The van der Waals surface area contributed by atoms with Crippen LogP contribution in [0, 0.1) is 0 Å². The second-order valence-electron chi connectivity index (χ2n) is 6.01. The Hall–Kier alpha value is -0.280. The molecule has 7 nitrogen and oxygen atoms in total. The van der Waals surface area contributed by atoms with Crippen LogP contribution in [0.4, 0.5) is 0 Å². The van der Waals surface area contributed by atoms with E-state index in [4.69, 9.17) is 28.7 Å². The second-order valence-corrected chi connectivity index (χ2v) is 6.01. The molecule has 0 amide bonds. The van der Waals surface area contributed by atoms with Gasteiger partial charge in [0.1, 0.15) is 0 Å². The van der Waals surface area contributed by atoms with Crippen LogP contribution in [0.15, 0.2) is 0 Å². The van der Waals surface area contributed by atoms with Crippen LogP contribution in [0.25, 0.3) is 0 Å². The number of unbranched alkanes of at least 4 members (excludes halogenated alkanes) is 2. The van der Waals surface area contributed by atoms with Crippen molar-refractivity contribution in [3.8, 4) is 0 Å². The third-order valence-corrected chi connectivity index (χ3v) is 3.65. The molecule has 0 saturated heterocycles. The van der Waals surface area contributed by atoms with Crippen molar-refractivity contribution in [2.45, 2.75) is 44.9 Å². The summed E-state index contributed by atoms with van der Waals surface area (Å²) in [6, 6.07) is 0. The van der Waals surface area contributed by atoms with Crippen LogP contribution < -0.4 is 34.0 Å². The van der Waals surface area contributed by atoms with E-state index in [2.05, 4.69) is 10.2 Å². The molecule has 0 fully saturated rings. The summed E-state index contributed by atoms with van der Waals surface area (Å²) in [5.74, 6) is 0. The van der Waals surface area contributed by atoms with E-state index in [-0.39, 0.29) is 0 Å². The number of nitrogens with zero attached hydrogens (tertiary/aromatic N) is 1. The van der Waals surface area contributed by atoms with Crippen LogP contribution in [0.1, 0.15) is 44.9 Å². The van der Waals surface area contributed by atoms with E-state index in [1.807, 2.05) is 0 Å². The van der Waals surface area contributed by atoms with Crippen molar-refractivity contribution in [1.82, 2.24) is 10.2 Å². The van der Waals surface area contributed by atoms with Crippen molar-refractivity contribution in [3.63, 3.8) is 0 Å². The number of hydrogen-bond donors (Lipinski definition) is 6. The molecule has 0 aromatic carbocycles. The molecule has 0 spiro atoms. The molecule has 0 aliphatic heterocycles. The summed E-state index contributed by atoms with van der Waals surface area (Å²) in [6.07, 6.45) is 7.83. The maximum Gasteiger partial charge on any atom is -0.000671 e. The highest BCUT2D eigenvalue weighted by atomic mass is 15.1. The Bertz CT molecular complexity index is 189. The van der Waals surface area contributed by atoms with Gasteiger partial charge in [-0.15, -0.1) is 0 Å². The minimum atomic E-state index is 0.774. The molecule has 0 aromatic rings. The van der Waals surface area contributed by atoms with E-state index in [1.165, 1.54) is 12.8 Å². The van der Waals surface area contributed by atoms with Crippen LogP contribution in [0.5, 0.6) is 0 Å².